The van der Waals surface area contributed by atoms with Crippen LogP contribution in [0.2, 0.25) is 5.02 Å². The molecule has 1 spiro atoms. The summed E-state index contributed by atoms with van der Waals surface area (Å²) in [5.74, 6) is -1.71. The van der Waals surface area contributed by atoms with E-state index in [1.807, 2.05) is 55.1 Å². The van der Waals surface area contributed by atoms with Crippen LogP contribution in [0.1, 0.15) is 40.9 Å². The summed E-state index contributed by atoms with van der Waals surface area (Å²) < 4.78 is 0. The van der Waals surface area contributed by atoms with E-state index in [2.05, 4.69) is 17.5 Å². The van der Waals surface area contributed by atoms with Gasteiger partial charge in [-0.2, -0.15) is 0 Å². The van der Waals surface area contributed by atoms with Crippen LogP contribution in [0.3, 0.4) is 0 Å². The van der Waals surface area contributed by atoms with Crippen molar-refractivity contribution in [2.24, 2.45) is 5.92 Å². The maximum absolute atomic E-state index is 14.4. The molecule has 3 heterocycles. The van der Waals surface area contributed by atoms with Gasteiger partial charge < -0.3 is 10.2 Å². The minimum absolute atomic E-state index is 0.168. The Labute approximate surface area is 214 Å². The van der Waals surface area contributed by atoms with Crippen LogP contribution in [0, 0.1) is 12.8 Å². The lowest BCUT2D eigenvalue weighted by Gasteiger charge is -2.39. The number of hydrogen-bond donors (Lipinski definition) is 1. The van der Waals surface area contributed by atoms with Gasteiger partial charge in [-0.3, -0.25) is 14.4 Å². The molecule has 3 aromatic rings. The maximum Gasteiger partial charge on any atom is 0.238 e. The van der Waals surface area contributed by atoms with Gasteiger partial charge in [-0.15, -0.1) is 0 Å². The second-order valence-corrected chi connectivity index (χ2v) is 10.4. The van der Waals surface area contributed by atoms with E-state index in [0.29, 0.717) is 16.3 Å². The molecule has 0 unspecified atom stereocenters. The Balaban J connectivity index is 1.70. The van der Waals surface area contributed by atoms with Gasteiger partial charge in [-0.1, -0.05) is 59.6 Å². The van der Waals surface area contributed by atoms with Crippen molar-refractivity contribution < 1.29 is 14.4 Å². The summed E-state index contributed by atoms with van der Waals surface area (Å²) in [6.07, 6.45) is 2.05. The first-order chi connectivity index (χ1) is 17.3. The highest BCUT2D eigenvalue weighted by Crippen LogP contribution is 2.58. The monoisotopic (exact) mass is 496 g/mol. The molecule has 5 nitrogen and oxygen atoms in total. The number of nitrogens with one attached hydrogen (secondary N) is 1. The molecule has 3 aliphatic heterocycles. The number of carbonyl (C=O) groups excluding carboxylic acids is 3. The number of nitrogens with zero attached hydrogens (tertiary/aromatic N) is 1. The van der Waals surface area contributed by atoms with Gasteiger partial charge in [0.05, 0.1) is 23.0 Å². The molecule has 180 valence electrons. The Hall–Kier alpha value is -3.70. The molecule has 0 saturated carbocycles. The minimum Gasteiger partial charge on any atom is -0.352 e. The fourth-order valence-electron chi connectivity index (χ4n) is 6.53. The third-order valence-corrected chi connectivity index (χ3v) is 8.30. The zero-order chi connectivity index (χ0) is 25.4. The molecule has 4 atom stereocenters. The average Bonchev–Trinajstić information content (AvgIpc) is 3.32. The van der Waals surface area contributed by atoms with Crippen LogP contribution in [-0.4, -0.2) is 29.6 Å². The molecular weight excluding hydrogens is 472 g/mol. The number of aryl methyl sites for hydroxylation is 1. The maximum atomic E-state index is 14.4. The quantitative estimate of drug-likeness (QED) is 0.479. The Kier molecular flexibility index (Phi) is 4.99. The van der Waals surface area contributed by atoms with Crippen molar-refractivity contribution in [3.8, 4) is 0 Å². The fraction of sp³-hybridized carbons (Fsp3) is 0.233. The van der Waals surface area contributed by atoms with Gasteiger partial charge >= 0.3 is 0 Å². The Bertz CT molecular complexity index is 1510. The van der Waals surface area contributed by atoms with Crippen LogP contribution < -0.4 is 10.2 Å². The van der Waals surface area contributed by atoms with E-state index >= 15 is 0 Å². The van der Waals surface area contributed by atoms with Crippen molar-refractivity contribution >= 4 is 46.0 Å². The van der Waals surface area contributed by atoms with Gasteiger partial charge in [0.2, 0.25) is 5.91 Å². The third kappa shape index (κ3) is 2.86. The summed E-state index contributed by atoms with van der Waals surface area (Å²) in [7, 11) is 0. The minimum atomic E-state index is -1.30. The van der Waals surface area contributed by atoms with E-state index in [1.54, 1.807) is 24.3 Å². The van der Waals surface area contributed by atoms with Crippen LogP contribution in [0.4, 0.5) is 11.4 Å². The zero-order valence-corrected chi connectivity index (χ0v) is 21.0. The Morgan fingerprint density at radius 3 is 2.47 bits per heavy atom. The number of amides is 1. The molecule has 1 amide bonds. The van der Waals surface area contributed by atoms with Crippen molar-refractivity contribution in [3.05, 3.63) is 100 Å². The van der Waals surface area contributed by atoms with Crippen molar-refractivity contribution in [2.45, 2.75) is 38.3 Å². The molecule has 0 bridgehead atoms. The van der Waals surface area contributed by atoms with Crippen LogP contribution in [0.5, 0.6) is 0 Å². The summed E-state index contributed by atoms with van der Waals surface area (Å²) in [4.78, 5) is 44.0. The molecular formula is C30H25ClN2O3. The molecule has 6 rings (SSSR count). The Morgan fingerprint density at radius 1 is 1.00 bits per heavy atom. The molecule has 1 fully saturated rings. The molecule has 6 heteroatoms. The van der Waals surface area contributed by atoms with Crippen LogP contribution >= 0.6 is 11.6 Å². The average molecular weight is 497 g/mol. The van der Waals surface area contributed by atoms with Crippen LogP contribution in [-0.2, 0) is 15.0 Å². The lowest BCUT2D eigenvalue weighted by Crippen LogP contribution is -2.51. The number of para-hydroxylation sites is 1. The molecule has 1 N–H and O–H groups in total. The van der Waals surface area contributed by atoms with Gasteiger partial charge in [0, 0.05) is 22.5 Å². The number of halogens is 1. The fourth-order valence-corrected chi connectivity index (χ4v) is 6.76. The van der Waals surface area contributed by atoms with Crippen LogP contribution in [0.25, 0.3) is 5.57 Å². The molecule has 1 saturated heterocycles. The van der Waals surface area contributed by atoms with Gasteiger partial charge in [0.1, 0.15) is 5.41 Å². The number of allylic oxidation sites excluding steroid dienone is 1. The normalized spacial score (nSPS) is 25.7. The van der Waals surface area contributed by atoms with E-state index in [1.165, 1.54) is 6.92 Å². The van der Waals surface area contributed by atoms with Gasteiger partial charge in [-0.05, 0) is 62.2 Å². The second-order valence-electron chi connectivity index (χ2n) is 9.97. The van der Waals surface area contributed by atoms with Gasteiger partial charge in [0.15, 0.2) is 11.6 Å². The summed E-state index contributed by atoms with van der Waals surface area (Å²) in [6, 6.07) is 19.0. The lowest BCUT2D eigenvalue weighted by molar-refractivity contribution is -0.122. The first kappa shape index (κ1) is 22.7. The zero-order valence-electron chi connectivity index (χ0n) is 20.2. The topological polar surface area (TPSA) is 66.5 Å². The van der Waals surface area contributed by atoms with Crippen LogP contribution in [0.15, 0.2) is 72.8 Å². The molecule has 0 aromatic heterocycles. The standard InChI is InChI=1S/C30H25ClN2O3/c1-16-12-13-24-20(14-16)17(2)15-25-30(21-9-5-7-11-23(21)32-29(30)36)26(27(18(3)34)33(24)25)28(35)19-8-4-6-10-22(19)31/h4-15,25-27H,1-3H3,(H,32,36)/t25-,26+,27-,30-/m1/s1. The third-order valence-electron chi connectivity index (χ3n) is 7.97. The lowest BCUT2D eigenvalue weighted by atomic mass is 9.64. The second kappa shape index (κ2) is 7.90. The van der Waals surface area contributed by atoms with Gasteiger partial charge in [-0.25, -0.2) is 0 Å². The SMILES string of the molecule is CC(=O)[C@@H]1[C@@H](C(=O)c2ccccc2Cl)[C@]2(C(=O)Nc3ccccc32)[C@H]2C=C(C)c3cc(C)ccc3N12. The molecule has 3 aromatic carbocycles. The predicted octanol–water partition coefficient (Wildman–Crippen LogP) is 5.60. The molecule has 0 radical (unpaired) electrons. The number of benzene rings is 3. The first-order valence-electron chi connectivity index (χ1n) is 12.0. The number of Topliss-reactive ketones (excluding diaryl/α,β-unsaturated/α-hetero) is 2. The molecule has 36 heavy (non-hydrogen) atoms. The molecule has 3 aliphatic rings. The van der Waals surface area contributed by atoms with Gasteiger partial charge in [0.25, 0.3) is 0 Å². The highest BCUT2D eigenvalue weighted by atomic mass is 35.5. The largest absolute Gasteiger partial charge is 0.352 e. The summed E-state index contributed by atoms with van der Waals surface area (Å²) in [5.41, 5.74) is 4.40. The Morgan fingerprint density at radius 2 is 1.72 bits per heavy atom. The summed E-state index contributed by atoms with van der Waals surface area (Å²) in [6.45, 7) is 5.55. The number of anilines is 2. The van der Waals surface area contributed by atoms with Crippen molar-refractivity contribution in [3.63, 3.8) is 0 Å². The smallest absolute Gasteiger partial charge is 0.238 e. The number of hydrogen-bond acceptors (Lipinski definition) is 4. The number of ketones is 2. The first-order valence-corrected chi connectivity index (χ1v) is 12.4. The summed E-state index contributed by atoms with van der Waals surface area (Å²) in [5, 5.41) is 3.34. The van der Waals surface area contributed by atoms with Crippen molar-refractivity contribution in [2.75, 3.05) is 10.2 Å². The highest BCUT2D eigenvalue weighted by molar-refractivity contribution is 6.34. The van der Waals surface area contributed by atoms with E-state index in [4.69, 9.17) is 11.6 Å². The number of carbonyl (C=O) groups is 3. The van der Waals surface area contributed by atoms with Crippen molar-refractivity contribution in [1.82, 2.24) is 0 Å². The predicted molar refractivity (Wildman–Crippen MR) is 142 cm³/mol. The van der Waals surface area contributed by atoms with Crippen molar-refractivity contribution in [1.29, 1.82) is 0 Å². The van der Waals surface area contributed by atoms with E-state index in [-0.39, 0.29) is 17.5 Å². The highest BCUT2D eigenvalue weighted by Gasteiger charge is 2.70. The van der Waals surface area contributed by atoms with E-state index < -0.39 is 23.4 Å². The van der Waals surface area contributed by atoms with E-state index in [0.717, 1.165) is 28.0 Å². The summed E-state index contributed by atoms with van der Waals surface area (Å²) >= 11 is 6.50. The molecule has 0 aliphatic carbocycles. The number of fused-ring (bicyclic) bond motifs is 6. The van der Waals surface area contributed by atoms with E-state index in [9.17, 15) is 14.4 Å². The number of rotatable bonds is 3.